The van der Waals surface area contributed by atoms with E-state index in [2.05, 4.69) is 9.22 Å². The van der Waals surface area contributed by atoms with E-state index in [1.54, 1.807) is 0 Å². The Bertz CT molecular complexity index is 281. The van der Waals surface area contributed by atoms with Gasteiger partial charge in [-0.25, -0.2) is 0 Å². The maximum Gasteiger partial charge on any atom is 0.485 e. The summed E-state index contributed by atoms with van der Waals surface area (Å²) >= 11 is 0. The molecule has 0 bridgehead atoms. The van der Waals surface area contributed by atoms with Crippen molar-refractivity contribution in [1.82, 2.24) is 0 Å². The van der Waals surface area contributed by atoms with Crippen molar-refractivity contribution in [2.24, 2.45) is 0 Å². The van der Waals surface area contributed by atoms with Crippen molar-refractivity contribution in [2.75, 3.05) is 5.75 Å². The zero-order chi connectivity index (χ0) is 11.6. The molecule has 0 aromatic rings. The molecule has 86 valence electrons. The minimum Gasteiger partial charge on any atom is -0.197 e. The summed E-state index contributed by atoms with van der Waals surface area (Å²) in [4.78, 5) is 2.50. The van der Waals surface area contributed by atoms with Crippen molar-refractivity contribution in [3.8, 4) is 0 Å². The van der Waals surface area contributed by atoms with Crippen LogP contribution in [0.15, 0.2) is 0 Å². The number of hydrogen-bond donors (Lipinski definition) is 0. The van der Waals surface area contributed by atoms with E-state index in [0.29, 0.717) is 0 Å². The van der Waals surface area contributed by atoms with Gasteiger partial charge in [0.1, 0.15) is 0 Å². The Balaban J connectivity index is 4.42. The fraction of sp³-hybridized carbons (Fsp3) is 1.00. The maximum atomic E-state index is 11.9. The summed E-state index contributed by atoms with van der Waals surface area (Å²) in [6.07, 6.45) is -11.7. The first kappa shape index (κ1) is 13.5. The standard InChI is InChI=1S/C4H5F5O4S/c1-2-14(10,11)13-12-4(8,9)3(5,6)7/h2H2,1H3. The summed E-state index contributed by atoms with van der Waals surface area (Å²) in [5.74, 6) is -0.791. The summed E-state index contributed by atoms with van der Waals surface area (Å²) < 4.78 is 81.4. The van der Waals surface area contributed by atoms with Crippen LogP contribution in [0.5, 0.6) is 0 Å². The van der Waals surface area contributed by atoms with Gasteiger partial charge in [-0.05, 0) is 6.92 Å². The molecule has 0 amide bonds. The lowest BCUT2D eigenvalue weighted by Gasteiger charge is -2.16. The largest absolute Gasteiger partial charge is 0.485 e. The van der Waals surface area contributed by atoms with Crippen LogP contribution < -0.4 is 0 Å². The van der Waals surface area contributed by atoms with Crippen LogP contribution in [0.2, 0.25) is 0 Å². The molecule has 10 heteroatoms. The number of rotatable bonds is 4. The van der Waals surface area contributed by atoms with Crippen molar-refractivity contribution in [3.63, 3.8) is 0 Å². The molecule has 0 saturated heterocycles. The second-order valence-corrected chi connectivity index (χ2v) is 3.84. The van der Waals surface area contributed by atoms with Crippen LogP contribution in [0.1, 0.15) is 6.92 Å². The van der Waals surface area contributed by atoms with Crippen LogP contribution in [0, 0.1) is 0 Å². The van der Waals surface area contributed by atoms with Crippen molar-refractivity contribution < 1.29 is 39.6 Å². The fourth-order valence-corrected chi connectivity index (χ4v) is 0.475. The van der Waals surface area contributed by atoms with Crippen molar-refractivity contribution in [2.45, 2.75) is 19.2 Å². The number of hydrogen-bond acceptors (Lipinski definition) is 4. The van der Waals surface area contributed by atoms with Crippen LogP contribution in [0.3, 0.4) is 0 Å². The highest BCUT2D eigenvalue weighted by atomic mass is 32.2. The first-order valence-corrected chi connectivity index (χ1v) is 4.64. The predicted molar refractivity (Wildman–Crippen MR) is 32.6 cm³/mol. The smallest absolute Gasteiger partial charge is 0.197 e. The Kier molecular flexibility index (Phi) is 3.81. The van der Waals surface area contributed by atoms with Crippen molar-refractivity contribution in [3.05, 3.63) is 0 Å². The maximum absolute atomic E-state index is 11.9. The Morgan fingerprint density at radius 2 is 1.57 bits per heavy atom. The monoisotopic (exact) mass is 244 g/mol. The van der Waals surface area contributed by atoms with Crippen molar-refractivity contribution in [1.29, 1.82) is 0 Å². The summed E-state index contributed by atoms with van der Waals surface area (Å²) in [6, 6.07) is 0. The van der Waals surface area contributed by atoms with Gasteiger partial charge in [0, 0.05) is 0 Å². The van der Waals surface area contributed by atoms with Crippen LogP contribution in [-0.4, -0.2) is 26.5 Å². The third-order valence-electron chi connectivity index (χ3n) is 0.926. The summed E-state index contributed by atoms with van der Waals surface area (Å²) in [7, 11) is -4.52. The molecular formula is C4H5F5O4S. The highest BCUT2D eigenvalue weighted by molar-refractivity contribution is 7.86. The molecule has 0 fully saturated rings. The molecule has 0 N–H and O–H groups in total. The van der Waals surface area contributed by atoms with E-state index in [4.69, 9.17) is 0 Å². The molecule has 4 nitrogen and oxygen atoms in total. The molecule has 0 aliphatic heterocycles. The van der Waals surface area contributed by atoms with E-state index < -0.39 is 28.2 Å². The van der Waals surface area contributed by atoms with Gasteiger partial charge in [-0.15, -0.1) is 9.22 Å². The summed E-state index contributed by atoms with van der Waals surface area (Å²) in [5.41, 5.74) is 0. The molecule has 0 aromatic carbocycles. The molecule has 0 spiro atoms. The summed E-state index contributed by atoms with van der Waals surface area (Å²) in [6.45, 7) is 0.977. The quantitative estimate of drug-likeness (QED) is 0.426. The molecule has 0 saturated carbocycles. The van der Waals surface area contributed by atoms with E-state index in [1.165, 1.54) is 0 Å². The molecular weight excluding hydrogens is 239 g/mol. The lowest BCUT2D eigenvalue weighted by Crippen LogP contribution is -2.39. The molecule has 0 aromatic heterocycles. The van der Waals surface area contributed by atoms with Crippen molar-refractivity contribution >= 4 is 10.1 Å². The number of alkyl halides is 5. The van der Waals surface area contributed by atoms with E-state index in [0.717, 1.165) is 6.92 Å². The first-order valence-electron chi connectivity index (χ1n) is 3.06. The van der Waals surface area contributed by atoms with Crippen LogP contribution in [-0.2, 0) is 19.3 Å². The molecule has 0 unspecified atom stereocenters. The molecule has 0 heterocycles. The minimum atomic E-state index is -6.03. The minimum absolute atomic E-state index is 0.791. The van der Waals surface area contributed by atoms with Gasteiger partial charge in [-0.2, -0.15) is 30.4 Å². The van der Waals surface area contributed by atoms with E-state index in [9.17, 15) is 30.4 Å². The molecule has 0 radical (unpaired) electrons. The first-order chi connectivity index (χ1) is 6.02. The number of halogens is 5. The Hall–Kier alpha value is -0.480. The Labute approximate surface area is 75.7 Å². The second-order valence-electron chi connectivity index (χ2n) is 2.01. The average molecular weight is 244 g/mol. The van der Waals surface area contributed by atoms with Gasteiger partial charge >= 0.3 is 12.3 Å². The van der Waals surface area contributed by atoms with Gasteiger partial charge in [-0.3, -0.25) is 0 Å². The molecule has 0 atom stereocenters. The van der Waals surface area contributed by atoms with Gasteiger partial charge in [0.25, 0.3) is 10.1 Å². The Morgan fingerprint density at radius 3 is 1.86 bits per heavy atom. The lowest BCUT2D eigenvalue weighted by molar-refractivity contribution is -0.473. The van der Waals surface area contributed by atoms with Gasteiger partial charge < -0.3 is 0 Å². The fourth-order valence-electron chi connectivity index (χ4n) is 0.190. The third kappa shape index (κ3) is 3.72. The normalized spacial score (nSPS) is 14.4. The van der Waals surface area contributed by atoms with Gasteiger partial charge in [-0.1, -0.05) is 0 Å². The topological polar surface area (TPSA) is 52.6 Å². The molecule has 14 heavy (non-hydrogen) atoms. The van der Waals surface area contributed by atoms with E-state index in [-0.39, 0.29) is 0 Å². The molecule has 0 aliphatic rings. The molecule has 0 aliphatic carbocycles. The molecule has 0 rings (SSSR count). The van der Waals surface area contributed by atoms with Crippen LogP contribution in [0.4, 0.5) is 22.0 Å². The van der Waals surface area contributed by atoms with Crippen LogP contribution in [0.25, 0.3) is 0 Å². The summed E-state index contributed by atoms with van der Waals surface area (Å²) in [5, 5.41) is 0. The van der Waals surface area contributed by atoms with E-state index >= 15 is 0 Å². The Morgan fingerprint density at radius 1 is 1.14 bits per heavy atom. The zero-order valence-electron chi connectivity index (χ0n) is 6.64. The lowest BCUT2D eigenvalue weighted by atomic mass is 10.6. The van der Waals surface area contributed by atoms with Gasteiger partial charge in [0.2, 0.25) is 0 Å². The van der Waals surface area contributed by atoms with Crippen LogP contribution >= 0.6 is 0 Å². The van der Waals surface area contributed by atoms with E-state index in [1.807, 2.05) is 0 Å². The predicted octanol–water partition coefficient (Wildman–Crippen LogP) is 1.44. The highest BCUT2D eigenvalue weighted by Crippen LogP contribution is 2.36. The third-order valence-corrected chi connectivity index (χ3v) is 1.91. The highest BCUT2D eigenvalue weighted by Gasteiger charge is 2.61. The van der Waals surface area contributed by atoms with Gasteiger partial charge in [0.15, 0.2) is 0 Å². The second kappa shape index (κ2) is 3.95. The SMILES string of the molecule is CCS(=O)(=O)OOC(F)(F)C(F)(F)F. The average Bonchev–Trinajstić information content (AvgIpc) is 1.99. The zero-order valence-corrected chi connectivity index (χ0v) is 7.45. The van der Waals surface area contributed by atoms with Gasteiger partial charge in [0.05, 0.1) is 5.75 Å².